The summed E-state index contributed by atoms with van der Waals surface area (Å²) in [6.45, 7) is 5.62. The van der Waals surface area contributed by atoms with Gasteiger partial charge in [0.05, 0.1) is 39.8 Å². The molecule has 0 atom stereocenters. The Morgan fingerprint density at radius 3 is 2.62 bits per heavy atom. The predicted octanol–water partition coefficient (Wildman–Crippen LogP) is 5.57. The number of morpholine rings is 1. The lowest BCUT2D eigenvalue weighted by molar-refractivity contribution is 0.0384. The maximum absolute atomic E-state index is 14.4. The quantitative estimate of drug-likeness (QED) is 0.299. The molecule has 6 nitrogen and oxygen atoms in total. The number of halogens is 4. The van der Waals surface area contributed by atoms with Gasteiger partial charge < -0.3 is 10.1 Å². The molecule has 0 saturated carbocycles. The summed E-state index contributed by atoms with van der Waals surface area (Å²) >= 11 is 19.0. The largest absolute Gasteiger partial charge is 0.379 e. The van der Waals surface area contributed by atoms with Gasteiger partial charge in [-0.3, -0.25) is 14.3 Å². The monoisotopic (exact) mass is 560 g/mol. The van der Waals surface area contributed by atoms with Crippen molar-refractivity contribution in [1.82, 2.24) is 19.8 Å². The Balaban J connectivity index is 1.53. The summed E-state index contributed by atoms with van der Waals surface area (Å²) in [6, 6.07) is 14.6. The van der Waals surface area contributed by atoms with Crippen LogP contribution < -0.4 is 10.9 Å². The van der Waals surface area contributed by atoms with Gasteiger partial charge in [0.1, 0.15) is 11.6 Å². The van der Waals surface area contributed by atoms with Gasteiger partial charge in [-0.1, -0.05) is 46.9 Å². The van der Waals surface area contributed by atoms with Crippen LogP contribution in [-0.2, 0) is 11.3 Å². The minimum Gasteiger partial charge on any atom is -0.379 e. The molecule has 192 valence electrons. The molecule has 4 aromatic rings. The summed E-state index contributed by atoms with van der Waals surface area (Å²) in [5.41, 5.74) is 1.74. The Hall–Kier alpha value is -2.52. The van der Waals surface area contributed by atoms with E-state index < -0.39 is 5.82 Å². The molecule has 0 radical (unpaired) electrons. The first-order chi connectivity index (χ1) is 17.9. The number of fused-ring (bicyclic) bond motifs is 1. The molecule has 1 aliphatic rings. The van der Waals surface area contributed by atoms with E-state index in [-0.39, 0.29) is 22.1 Å². The second kappa shape index (κ2) is 11.5. The molecule has 1 aromatic heterocycles. The summed E-state index contributed by atoms with van der Waals surface area (Å²) in [6.07, 6.45) is 0. The molecule has 0 spiro atoms. The average Bonchev–Trinajstić information content (AvgIpc) is 2.89. The molecule has 1 saturated heterocycles. The second-order valence-electron chi connectivity index (χ2n) is 8.75. The Bertz CT molecular complexity index is 1510. The predicted molar refractivity (Wildman–Crippen MR) is 147 cm³/mol. The topological polar surface area (TPSA) is 59.4 Å². The molecule has 0 bridgehead atoms. The zero-order valence-corrected chi connectivity index (χ0v) is 22.1. The zero-order valence-electron chi connectivity index (χ0n) is 19.8. The van der Waals surface area contributed by atoms with E-state index in [2.05, 4.69) is 10.2 Å². The van der Waals surface area contributed by atoms with Gasteiger partial charge in [0.15, 0.2) is 0 Å². The van der Waals surface area contributed by atoms with Crippen LogP contribution >= 0.6 is 34.8 Å². The maximum atomic E-state index is 14.4. The minimum atomic E-state index is -0.641. The first kappa shape index (κ1) is 26.1. The van der Waals surface area contributed by atoms with Gasteiger partial charge in [-0.25, -0.2) is 9.37 Å². The van der Waals surface area contributed by atoms with E-state index in [9.17, 15) is 9.18 Å². The highest BCUT2D eigenvalue weighted by Gasteiger charge is 2.19. The third-order valence-corrected chi connectivity index (χ3v) is 7.32. The summed E-state index contributed by atoms with van der Waals surface area (Å²) in [7, 11) is 0. The number of benzene rings is 3. The lowest BCUT2D eigenvalue weighted by Gasteiger charge is -2.26. The van der Waals surface area contributed by atoms with Crippen LogP contribution in [0, 0.1) is 5.82 Å². The van der Waals surface area contributed by atoms with Crippen LogP contribution in [-0.4, -0.2) is 53.8 Å². The third kappa shape index (κ3) is 5.67. The van der Waals surface area contributed by atoms with Gasteiger partial charge >= 0.3 is 0 Å². The molecule has 1 aliphatic heterocycles. The zero-order chi connectivity index (χ0) is 25.9. The van der Waals surface area contributed by atoms with Gasteiger partial charge in [0.25, 0.3) is 5.56 Å². The van der Waals surface area contributed by atoms with Crippen molar-refractivity contribution in [3.63, 3.8) is 0 Å². The van der Waals surface area contributed by atoms with Gasteiger partial charge in [-0.2, -0.15) is 0 Å². The summed E-state index contributed by atoms with van der Waals surface area (Å²) in [5.74, 6) is -0.362. The number of rotatable bonds is 7. The Morgan fingerprint density at radius 1 is 1.03 bits per heavy atom. The molecule has 0 aliphatic carbocycles. The summed E-state index contributed by atoms with van der Waals surface area (Å²) in [5, 5.41) is 4.65. The highest BCUT2D eigenvalue weighted by molar-refractivity contribution is 6.34. The van der Waals surface area contributed by atoms with E-state index in [4.69, 9.17) is 44.5 Å². The van der Waals surface area contributed by atoms with Crippen LogP contribution in [0.15, 0.2) is 59.4 Å². The number of nitrogens with one attached hydrogen (secondary N) is 1. The van der Waals surface area contributed by atoms with Crippen LogP contribution in [0.4, 0.5) is 4.39 Å². The smallest absolute Gasteiger partial charge is 0.266 e. The molecule has 0 unspecified atom stereocenters. The number of nitrogens with zero attached hydrogens (tertiary/aromatic N) is 3. The van der Waals surface area contributed by atoms with Crippen molar-refractivity contribution in [2.45, 2.75) is 6.54 Å². The maximum Gasteiger partial charge on any atom is 0.266 e. The van der Waals surface area contributed by atoms with Crippen molar-refractivity contribution in [1.29, 1.82) is 0 Å². The van der Waals surface area contributed by atoms with Crippen molar-refractivity contribution >= 4 is 45.7 Å². The first-order valence-electron chi connectivity index (χ1n) is 11.9. The molecule has 3 aromatic carbocycles. The van der Waals surface area contributed by atoms with Crippen LogP contribution in [0.25, 0.3) is 28.0 Å². The Kier molecular flexibility index (Phi) is 8.09. The highest BCUT2D eigenvalue weighted by atomic mass is 35.5. The van der Waals surface area contributed by atoms with E-state index in [1.54, 1.807) is 30.3 Å². The minimum absolute atomic E-state index is 0.0398. The van der Waals surface area contributed by atoms with E-state index >= 15 is 0 Å². The molecule has 1 fully saturated rings. The summed E-state index contributed by atoms with van der Waals surface area (Å²) < 4.78 is 21.2. The second-order valence-corrected chi connectivity index (χ2v) is 9.97. The SMILES string of the molecule is O=c1c2ccc(Cl)cc2nc(-c2cccc(CNCCN3CCOCC3)c2Cl)n1-c1ccc(Cl)c(F)c1. The van der Waals surface area contributed by atoms with Crippen molar-refractivity contribution in [2.75, 3.05) is 39.4 Å². The van der Waals surface area contributed by atoms with Crippen LogP contribution in [0.5, 0.6) is 0 Å². The van der Waals surface area contributed by atoms with Crippen molar-refractivity contribution < 1.29 is 9.13 Å². The first-order valence-corrected chi connectivity index (χ1v) is 13.0. The number of hydrogen-bond acceptors (Lipinski definition) is 5. The van der Waals surface area contributed by atoms with E-state index in [0.717, 1.165) is 45.0 Å². The molecule has 10 heteroatoms. The molecule has 37 heavy (non-hydrogen) atoms. The molecule has 1 N–H and O–H groups in total. The van der Waals surface area contributed by atoms with E-state index in [1.807, 2.05) is 12.1 Å². The van der Waals surface area contributed by atoms with E-state index in [1.165, 1.54) is 16.7 Å². The van der Waals surface area contributed by atoms with Gasteiger partial charge in [0, 0.05) is 43.3 Å². The standard InChI is InChI=1S/C27H24Cl3FN4O2/c28-18-4-6-20-24(14-18)33-26(35(27(20)36)19-5-7-22(29)23(31)15-19)21-3-1-2-17(25(21)30)16-32-8-9-34-10-12-37-13-11-34/h1-7,14-15,32H,8-13,16H2. The lowest BCUT2D eigenvalue weighted by atomic mass is 10.1. The number of ether oxygens (including phenoxy) is 1. The van der Waals surface area contributed by atoms with Gasteiger partial charge in [-0.05, 0) is 48.0 Å². The van der Waals surface area contributed by atoms with Crippen LogP contribution in [0.3, 0.4) is 0 Å². The average molecular weight is 562 g/mol. The molecule has 5 rings (SSSR count). The van der Waals surface area contributed by atoms with Gasteiger partial charge in [-0.15, -0.1) is 0 Å². The summed E-state index contributed by atoms with van der Waals surface area (Å²) in [4.78, 5) is 20.7. The van der Waals surface area contributed by atoms with Crippen molar-refractivity contribution in [3.8, 4) is 17.1 Å². The Labute approximate surface area is 228 Å². The fourth-order valence-corrected chi connectivity index (χ4v) is 4.94. The fraction of sp³-hybridized carbons (Fsp3) is 0.259. The highest BCUT2D eigenvalue weighted by Crippen LogP contribution is 2.32. The van der Waals surface area contributed by atoms with Crippen LogP contribution in [0.1, 0.15) is 5.56 Å². The third-order valence-electron chi connectivity index (χ3n) is 6.34. The van der Waals surface area contributed by atoms with E-state index in [0.29, 0.717) is 33.1 Å². The normalized spacial score (nSPS) is 14.4. The fourth-order valence-electron chi connectivity index (χ4n) is 4.38. The van der Waals surface area contributed by atoms with Crippen LogP contribution in [0.2, 0.25) is 15.1 Å². The molecule has 0 amide bonds. The van der Waals surface area contributed by atoms with Crippen molar-refractivity contribution in [3.05, 3.63) is 91.4 Å². The lowest BCUT2D eigenvalue weighted by Crippen LogP contribution is -2.40. The molecule has 2 heterocycles. The molecular weight excluding hydrogens is 538 g/mol. The number of aromatic nitrogens is 2. The number of hydrogen-bond donors (Lipinski definition) is 1. The van der Waals surface area contributed by atoms with Gasteiger partial charge in [0.2, 0.25) is 0 Å². The van der Waals surface area contributed by atoms with Crippen molar-refractivity contribution in [2.24, 2.45) is 0 Å². The Morgan fingerprint density at radius 2 is 1.84 bits per heavy atom. The molecular formula is C27H24Cl3FN4O2.